The number of methoxy groups -OCH3 is 1. The summed E-state index contributed by atoms with van der Waals surface area (Å²) >= 11 is 0. The van der Waals surface area contributed by atoms with Crippen LogP contribution in [0.1, 0.15) is 5.56 Å². The molecule has 2 N–H and O–H groups in total. The van der Waals surface area contributed by atoms with Gasteiger partial charge in [-0.2, -0.15) is 4.98 Å². The normalized spacial score (nSPS) is 10.3. The highest BCUT2D eigenvalue weighted by molar-refractivity contribution is 5.27. The van der Waals surface area contributed by atoms with Gasteiger partial charge in [-0.15, -0.1) is 0 Å². The Morgan fingerprint density at radius 3 is 2.94 bits per heavy atom. The number of hydrogen-bond acceptors (Lipinski definition) is 4. The first-order chi connectivity index (χ1) is 8.60. The molecule has 1 heterocycles. The summed E-state index contributed by atoms with van der Waals surface area (Å²) in [6.07, 6.45) is 1.45. The third-order valence-corrected chi connectivity index (χ3v) is 2.46. The van der Waals surface area contributed by atoms with Gasteiger partial charge in [0, 0.05) is 0 Å². The molecule has 0 radical (unpaired) electrons. The first-order valence-corrected chi connectivity index (χ1v) is 5.25. The first-order valence-electron chi connectivity index (χ1n) is 5.25. The van der Waals surface area contributed by atoms with Crippen LogP contribution in [0.3, 0.4) is 0 Å². The van der Waals surface area contributed by atoms with Gasteiger partial charge in [0.05, 0.1) is 19.9 Å². The fraction of sp³-hybridized carbons (Fsp3) is 0.167. The van der Waals surface area contributed by atoms with Crippen LogP contribution in [0.15, 0.2) is 35.3 Å². The van der Waals surface area contributed by atoms with Gasteiger partial charge in [-0.1, -0.05) is 12.1 Å². The van der Waals surface area contributed by atoms with Gasteiger partial charge in [0.25, 0.3) is 0 Å². The molecule has 0 amide bonds. The first kappa shape index (κ1) is 12.1. The van der Waals surface area contributed by atoms with Crippen molar-refractivity contribution < 1.29 is 9.13 Å². The Balaban J connectivity index is 2.37. The molecule has 0 aliphatic rings. The second kappa shape index (κ2) is 4.87. The van der Waals surface area contributed by atoms with Gasteiger partial charge in [0.1, 0.15) is 5.82 Å². The zero-order chi connectivity index (χ0) is 13.1. The van der Waals surface area contributed by atoms with Crippen LogP contribution in [-0.4, -0.2) is 16.7 Å². The molecular weight excluding hydrogens is 237 g/mol. The summed E-state index contributed by atoms with van der Waals surface area (Å²) in [5.74, 6) is -0.169. The number of halogens is 1. The zero-order valence-electron chi connectivity index (χ0n) is 9.76. The topological polar surface area (TPSA) is 70.1 Å². The van der Waals surface area contributed by atoms with Crippen LogP contribution in [-0.2, 0) is 6.54 Å². The van der Waals surface area contributed by atoms with Gasteiger partial charge in [-0.25, -0.2) is 4.39 Å². The highest BCUT2D eigenvalue weighted by Crippen LogP contribution is 2.10. The number of benzene rings is 1. The van der Waals surface area contributed by atoms with Crippen molar-refractivity contribution in [2.75, 3.05) is 12.8 Å². The molecule has 6 heteroatoms. The molecule has 5 nitrogen and oxygen atoms in total. The largest absolute Gasteiger partial charge is 0.490 e. The summed E-state index contributed by atoms with van der Waals surface area (Å²) in [5, 5.41) is 0. The lowest BCUT2D eigenvalue weighted by Crippen LogP contribution is -2.18. The van der Waals surface area contributed by atoms with E-state index >= 15 is 0 Å². The molecule has 2 aromatic rings. The molecule has 0 saturated carbocycles. The van der Waals surface area contributed by atoms with Crippen LogP contribution < -0.4 is 16.0 Å². The van der Waals surface area contributed by atoms with Gasteiger partial charge in [0.2, 0.25) is 11.7 Å². The summed E-state index contributed by atoms with van der Waals surface area (Å²) in [4.78, 5) is 15.0. The standard InChI is InChI=1S/C12H12FN3O2/c1-18-10-7-16(12(14)15-11(10)17)6-8-3-2-4-9(13)5-8/h2-5,7H,6H2,1H3,(H2,14,15,17). The van der Waals surface area contributed by atoms with Crippen LogP contribution in [0.5, 0.6) is 5.75 Å². The monoisotopic (exact) mass is 249 g/mol. The molecule has 0 unspecified atom stereocenters. The molecule has 2 rings (SSSR count). The average Bonchev–Trinajstić information content (AvgIpc) is 2.33. The van der Waals surface area contributed by atoms with Crippen LogP contribution in [0, 0.1) is 5.82 Å². The summed E-state index contributed by atoms with van der Waals surface area (Å²) in [5.41, 5.74) is 5.83. The molecule has 0 saturated heterocycles. The Bertz CT molecular complexity index is 625. The zero-order valence-corrected chi connectivity index (χ0v) is 9.76. The Labute approximate surface area is 103 Å². The summed E-state index contributed by atoms with van der Waals surface area (Å²) in [6.45, 7) is 0.313. The number of rotatable bonds is 3. The van der Waals surface area contributed by atoms with Crippen LogP contribution in [0.2, 0.25) is 0 Å². The van der Waals surface area contributed by atoms with E-state index in [1.165, 1.54) is 30.0 Å². The summed E-state index contributed by atoms with van der Waals surface area (Å²) < 4.78 is 19.4. The van der Waals surface area contributed by atoms with E-state index in [2.05, 4.69) is 4.98 Å². The van der Waals surface area contributed by atoms with Crippen molar-refractivity contribution in [3.63, 3.8) is 0 Å². The number of hydrogen-bond donors (Lipinski definition) is 1. The lowest BCUT2D eigenvalue weighted by atomic mass is 10.2. The minimum Gasteiger partial charge on any atom is -0.490 e. The predicted molar refractivity (Wildman–Crippen MR) is 65.0 cm³/mol. The van der Waals surface area contributed by atoms with E-state index in [4.69, 9.17) is 10.5 Å². The molecule has 0 fully saturated rings. The molecule has 18 heavy (non-hydrogen) atoms. The average molecular weight is 249 g/mol. The van der Waals surface area contributed by atoms with Crippen molar-refractivity contribution in [3.8, 4) is 5.75 Å². The molecular formula is C12H12FN3O2. The van der Waals surface area contributed by atoms with Gasteiger partial charge in [-0.05, 0) is 17.7 Å². The van der Waals surface area contributed by atoms with Crippen LogP contribution >= 0.6 is 0 Å². The Hall–Kier alpha value is -2.37. The van der Waals surface area contributed by atoms with Crippen LogP contribution in [0.25, 0.3) is 0 Å². The molecule has 0 aliphatic heterocycles. The molecule has 0 bridgehead atoms. The van der Waals surface area contributed by atoms with Crippen molar-refractivity contribution in [1.29, 1.82) is 0 Å². The number of nitrogens with two attached hydrogens (primary N) is 1. The smallest absolute Gasteiger partial charge is 0.316 e. The maximum absolute atomic E-state index is 13.0. The van der Waals surface area contributed by atoms with E-state index in [-0.39, 0.29) is 17.5 Å². The van der Waals surface area contributed by atoms with Crippen molar-refractivity contribution in [3.05, 3.63) is 52.2 Å². The van der Waals surface area contributed by atoms with E-state index in [0.29, 0.717) is 12.1 Å². The van der Waals surface area contributed by atoms with E-state index < -0.39 is 5.56 Å². The van der Waals surface area contributed by atoms with Gasteiger partial charge >= 0.3 is 5.56 Å². The second-order valence-electron chi connectivity index (χ2n) is 3.73. The van der Waals surface area contributed by atoms with Crippen molar-refractivity contribution >= 4 is 5.95 Å². The lowest BCUT2D eigenvalue weighted by Gasteiger charge is -2.10. The quantitative estimate of drug-likeness (QED) is 0.881. The fourth-order valence-corrected chi connectivity index (χ4v) is 1.58. The highest BCUT2D eigenvalue weighted by Gasteiger charge is 2.06. The fourth-order valence-electron chi connectivity index (χ4n) is 1.58. The predicted octanol–water partition coefficient (Wildman–Crippen LogP) is 1.02. The van der Waals surface area contributed by atoms with Crippen LogP contribution in [0.4, 0.5) is 10.3 Å². The van der Waals surface area contributed by atoms with E-state index in [0.717, 1.165) is 0 Å². The van der Waals surface area contributed by atoms with Gasteiger partial charge in [0.15, 0.2) is 0 Å². The molecule has 1 aromatic carbocycles. The number of aromatic nitrogens is 2. The van der Waals surface area contributed by atoms with Crippen molar-refractivity contribution in [2.24, 2.45) is 0 Å². The number of ether oxygens (including phenoxy) is 1. The van der Waals surface area contributed by atoms with Gasteiger partial charge < -0.3 is 15.0 Å². The maximum Gasteiger partial charge on any atom is 0.316 e. The van der Waals surface area contributed by atoms with E-state index in [1.807, 2.05) is 0 Å². The Morgan fingerprint density at radius 2 is 2.28 bits per heavy atom. The summed E-state index contributed by atoms with van der Waals surface area (Å²) in [6, 6.07) is 6.11. The summed E-state index contributed by atoms with van der Waals surface area (Å²) in [7, 11) is 1.38. The molecule has 0 spiro atoms. The molecule has 0 aliphatic carbocycles. The number of nitrogens with zero attached hydrogens (tertiary/aromatic N) is 2. The second-order valence-corrected chi connectivity index (χ2v) is 3.73. The molecule has 94 valence electrons. The number of anilines is 1. The van der Waals surface area contributed by atoms with Crippen molar-refractivity contribution in [1.82, 2.24) is 9.55 Å². The number of nitrogen functional groups attached to an aromatic ring is 1. The molecule has 0 atom stereocenters. The lowest BCUT2D eigenvalue weighted by molar-refractivity contribution is 0.402. The maximum atomic E-state index is 13.0. The minimum absolute atomic E-state index is 0.0602. The van der Waals surface area contributed by atoms with E-state index in [1.54, 1.807) is 12.1 Å². The third kappa shape index (κ3) is 2.48. The van der Waals surface area contributed by atoms with E-state index in [9.17, 15) is 9.18 Å². The van der Waals surface area contributed by atoms with Crippen molar-refractivity contribution in [2.45, 2.75) is 6.54 Å². The van der Waals surface area contributed by atoms with Gasteiger partial charge in [-0.3, -0.25) is 4.79 Å². The Kier molecular flexibility index (Phi) is 3.27. The molecule has 1 aromatic heterocycles. The minimum atomic E-state index is -0.523. The highest BCUT2D eigenvalue weighted by atomic mass is 19.1. The third-order valence-electron chi connectivity index (χ3n) is 2.46. The SMILES string of the molecule is COc1cn(Cc2cccc(F)c2)c(N)nc1=O. The Morgan fingerprint density at radius 1 is 1.50 bits per heavy atom.